The molecule has 1 fully saturated rings. The highest BCUT2D eigenvalue weighted by molar-refractivity contribution is 6.02. The van der Waals surface area contributed by atoms with Crippen LogP contribution < -0.4 is 11.0 Å². The van der Waals surface area contributed by atoms with Gasteiger partial charge in [-0.2, -0.15) is 0 Å². The van der Waals surface area contributed by atoms with E-state index in [0.29, 0.717) is 18.5 Å². The van der Waals surface area contributed by atoms with E-state index in [-0.39, 0.29) is 0 Å². The van der Waals surface area contributed by atoms with E-state index in [2.05, 4.69) is 63.8 Å². The molecule has 7 nitrogen and oxygen atoms in total. The van der Waals surface area contributed by atoms with Crippen LogP contribution in [0.2, 0.25) is 0 Å². The fourth-order valence-corrected chi connectivity index (χ4v) is 4.12. The topological polar surface area (TPSA) is 67.2 Å². The summed E-state index contributed by atoms with van der Waals surface area (Å²) in [5, 5.41) is 3.23. The number of fused-ring (bicyclic) bond motifs is 3. The molecule has 0 aliphatic carbocycles. The monoisotopic (exact) mass is 378 g/mol. The first-order valence-electron chi connectivity index (χ1n) is 10.0. The third kappa shape index (κ3) is 3.00. The molecular weight excluding hydrogens is 352 g/mol. The number of imidazole rings is 1. The van der Waals surface area contributed by atoms with E-state index in [1.165, 1.54) is 11.2 Å². The van der Waals surface area contributed by atoms with Crippen molar-refractivity contribution in [3.05, 3.63) is 48.2 Å². The minimum atomic E-state index is 0.392. The minimum absolute atomic E-state index is 0.392. The summed E-state index contributed by atoms with van der Waals surface area (Å²) in [6.07, 6.45) is 6.05. The van der Waals surface area contributed by atoms with Crippen molar-refractivity contribution >= 4 is 21.9 Å². The Hall–Kier alpha value is -2.64. The zero-order valence-electron chi connectivity index (χ0n) is 16.4. The zero-order valence-corrected chi connectivity index (χ0v) is 16.4. The van der Waals surface area contributed by atoms with Crippen LogP contribution in [0.4, 0.5) is 0 Å². The SMILES string of the molecule is CC(C)C1=CN(Cc2nc3cnc4ccccc4c3n2C2CCOCC2)NN1. The first-order valence-corrected chi connectivity index (χ1v) is 10.0. The van der Waals surface area contributed by atoms with E-state index in [9.17, 15) is 0 Å². The maximum atomic E-state index is 5.62. The van der Waals surface area contributed by atoms with E-state index in [1.807, 2.05) is 12.3 Å². The molecule has 4 heterocycles. The third-order valence-electron chi connectivity index (χ3n) is 5.62. The molecule has 1 saturated heterocycles. The highest BCUT2D eigenvalue weighted by Gasteiger charge is 2.25. The van der Waals surface area contributed by atoms with Gasteiger partial charge in [0.2, 0.25) is 0 Å². The second-order valence-corrected chi connectivity index (χ2v) is 7.85. The summed E-state index contributed by atoms with van der Waals surface area (Å²) in [5.74, 6) is 1.50. The van der Waals surface area contributed by atoms with Crippen LogP contribution in [0.5, 0.6) is 0 Å². The fraction of sp³-hybridized carbons (Fsp3) is 0.429. The molecule has 2 aliphatic rings. The quantitative estimate of drug-likeness (QED) is 0.726. The second kappa shape index (κ2) is 7.07. The van der Waals surface area contributed by atoms with Gasteiger partial charge < -0.3 is 14.7 Å². The van der Waals surface area contributed by atoms with Crippen molar-refractivity contribution in [3.63, 3.8) is 0 Å². The Balaban J connectivity index is 1.62. The maximum absolute atomic E-state index is 5.62. The largest absolute Gasteiger partial charge is 0.381 e. The molecule has 0 saturated carbocycles. The van der Waals surface area contributed by atoms with Gasteiger partial charge in [0.1, 0.15) is 11.3 Å². The number of allylic oxidation sites excluding steroid dienone is 1. The molecule has 0 amide bonds. The van der Waals surface area contributed by atoms with E-state index in [1.54, 1.807) is 0 Å². The molecule has 28 heavy (non-hydrogen) atoms. The van der Waals surface area contributed by atoms with Gasteiger partial charge in [-0.3, -0.25) is 9.99 Å². The van der Waals surface area contributed by atoms with Crippen LogP contribution in [0.3, 0.4) is 0 Å². The Morgan fingerprint density at radius 2 is 2.00 bits per heavy atom. The number of hydrazine groups is 2. The number of aromatic nitrogens is 3. The Labute approximate surface area is 164 Å². The summed E-state index contributed by atoms with van der Waals surface area (Å²) < 4.78 is 8.06. The molecule has 1 aromatic carbocycles. The van der Waals surface area contributed by atoms with E-state index < -0.39 is 0 Å². The molecule has 0 bridgehead atoms. The number of benzene rings is 1. The van der Waals surface area contributed by atoms with Crippen molar-refractivity contribution in [1.82, 2.24) is 30.5 Å². The highest BCUT2D eigenvalue weighted by Crippen LogP contribution is 2.32. The summed E-state index contributed by atoms with van der Waals surface area (Å²) in [7, 11) is 0. The van der Waals surface area contributed by atoms with Crippen molar-refractivity contribution in [2.24, 2.45) is 5.92 Å². The summed E-state index contributed by atoms with van der Waals surface area (Å²) in [6, 6.07) is 8.73. The standard InChI is InChI=1S/C21H26N6O/c1-14(2)19-12-26(25-24-19)13-20-23-18-11-22-17-6-4-3-5-16(17)21(18)27(20)15-7-9-28-10-8-15/h3-6,11-12,14-15,24-25H,7-10,13H2,1-2H3. The van der Waals surface area contributed by atoms with Crippen LogP contribution >= 0.6 is 0 Å². The molecule has 0 spiro atoms. The molecule has 7 heteroatoms. The number of ether oxygens (including phenoxy) is 1. The molecule has 0 atom stereocenters. The van der Waals surface area contributed by atoms with Crippen molar-refractivity contribution in [1.29, 1.82) is 0 Å². The third-order valence-corrected chi connectivity index (χ3v) is 5.62. The van der Waals surface area contributed by atoms with E-state index >= 15 is 0 Å². The van der Waals surface area contributed by atoms with Gasteiger partial charge in [-0.1, -0.05) is 32.0 Å². The molecule has 0 unspecified atom stereocenters. The van der Waals surface area contributed by atoms with Gasteiger partial charge in [-0.25, -0.2) is 4.98 Å². The predicted octanol–water partition coefficient (Wildman–Crippen LogP) is 3.26. The van der Waals surface area contributed by atoms with Crippen molar-refractivity contribution in [2.75, 3.05) is 13.2 Å². The van der Waals surface area contributed by atoms with Crippen LogP contribution in [0.1, 0.15) is 38.6 Å². The van der Waals surface area contributed by atoms with Crippen LogP contribution in [0.25, 0.3) is 21.9 Å². The second-order valence-electron chi connectivity index (χ2n) is 7.85. The smallest absolute Gasteiger partial charge is 0.131 e. The van der Waals surface area contributed by atoms with Crippen LogP contribution in [0.15, 0.2) is 42.4 Å². The average Bonchev–Trinajstić information content (AvgIpc) is 3.33. The van der Waals surface area contributed by atoms with Gasteiger partial charge in [0.25, 0.3) is 0 Å². The maximum Gasteiger partial charge on any atom is 0.131 e. The molecule has 3 aromatic rings. The van der Waals surface area contributed by atoms with Crippen LogP contribution in [-0.4, -0.2) is 32.8 Å². The molecule has 2 aliphatic heterocycles. The van der Waals surface area contributed by atoms with E-state index in [0.717, 1.165) is 48.3 Å². The molecule has 2 N–H and O–H groups in total. The number of hydrogen-bond donors (Lipinski definition) is 2. The number of nitrogens with one attached hydrogen (secondary N) is 2. The number of pyridine rings is 1. The van der Waals surface area contributed by atoms with E-state index in [4.69, 9.17) is 9.72 Å². The lowest BCUT2D eigenvalue weighted by molar-refractivity contribution is 0.0692. The first kappa shape index (κ1) is 17.5. The molecule has 5 rings (SSSR count). The van der Waals surface area contributed by atoms with Gasteiger partial charge in [0.05, 0.1) is 23.8 Å². The molecular formula is C21H26N6O. The summed E-state index contributed by atoms with van der Waals surface area (Å²) in [4.78, 5) is 9.61. The average molecular weight is 378 g/mol. The number of hydrogen-bond acceptors (Lipinski definition) is 6. The van der Waals surface area contributed by atoms with Gasteiger partial charge in [0.15, 0.2) is 0 Å². The Morgan fingerprint density at radius 1 is 1.18 bits per heavy atom. The Bertz CT molecular complexity index is 1030. The van der Waals surface area contributed by atoms with Gasteiger partial charge >= 0.3 is 0 Å². The van der Waals surface area contributed by atoms with Gasteiger partial charge in [-0.15, -0.1) is 5.53 Å². The molecule has 146 valence electrons. The number of rotatable bonds is 4. The Kier molecular flexibility index (Phi) is 4.41. The summed E-state index contributed by atoms with van der Waals surface area (Å²) >= 11 is 0. The van der Waals surface area contributed by atoms with Crippen LogP contribution in [-0.2, 0) is 11.3 Å². The van der Waals surface area contributed by atoms with Crippen molar-refractivity contribution < 1.29 is 4.74 Å². The lowest BCUT2D eigenvalue weighted by Gasteiger charge is -2.27. The predicted molar refractivity (Wildman–Crippen MR) is 109 cm³/mol. The summed E-state index contributed by atoms with van der Waals surface area (Å²) in [6.45, 7) is 6.64. The minimum Gasteiger partial charge on any atom is -0.381 e. The van der Waals surface area contributed by atoms with Gasteiger partial charge in [0, 0.05) is 36.5 Å². The fourth-order valence-electron chi connectivity index (χ4n) is 4.12. The zero-order chi connectivity index (χ0) is 19.1. The summed E-state index contributed by atoms with van der Waals surface area (Å²) in [5.41, 5.74) is 10.8. The highest BCUT2D eigenvalue weighted by atomic mass is 16.5. The normalized spacial score (nSPS) is 18.2. The molecule has 2 aromatic heterocycles. The van der Waals surface area contributed by atoms with Crippen molar-refractivity contribution in [2.45, 2.75) is 39.3 Å². The lowest BCUT2D eigenvalue weighted by Crippen LogP contribution is -2.37. The van der Waals surface area contributed by atoms with Crippen LogP contribution in [0, 0.1) is 5.92 Å². The number of nitrogens with zero attached hydrogens (tertiary/aromatic N) is 4. The van der Waals surface area contributed by atoms with Crippen molar-refractivity contribution in [3.8, 4) is 0 Å². The number of para-hydroxylation sites is 1. The molecule has 0 radical (unpaired) electrons. The van der Waals surface area contributed by atoms with Gasteiger partial charge in [-0.05, 0) is 24.8 Å². The Morgan fingerprint density at radius 3 is 2.79 bits per heavy atom. The first-order chi connectivity index (χ1) is 13.7. The lowest BCUT2D eigenvalue weighted by atomic mass is 10.1.